The van der Waals surface area contributed by atoms with Crippen molar-refractivity contribution in [3.05, 3.63) is 58.4 Å². The van der Waals surface area contributed by atoms with E-state index in [1.807, 2.05) is 24.3 Å². The van der Waals surface area contributed by atoms with Crippen molar-refractivity contribution in [2.45, 2.75) is 13.5 Å². The Bertz CT molecular complexity index is 570. The Morgan fingerprint density at radius 3 is 2.78 bits per heavy atom. The number of nitrogens with two attached hydrogens (primary N) is 1. The van der Waals surface area contributed by atoms with E-state index in [0.717, 1.165) is 5.56 Å². The Kier molecular flexibility index (Phi) is 3.72. The van der Waals surface area contributed by atoms with Crippen LogP contribution in [0.5, 0.6) is 0 Å². The van der Waals surface area contributed by atoms with Crippen LogP contribution in [0.4, 0.5) is 15.8 Å². The van der Waals surface area contributed by atoms with Crippen LogP contribution in [0.15, 0.2) is 36.4 Å². The fourth-order valence-corrected chi connectivity index (χ4v) is 1.97. The first-order valence-electron chi connectivity index (χ1n) is 5.60. The third-order valence-electron chi connectivity index (χ3n) is 2.68. The van der Waals surface area contributed by atoms with Gasteiger partial charge in [-0.15, -0.1) is 0 Å². The highest BCUT2D eigenvalue weighted by Crippen LogP contribution is 2.25. The Labute approximate surface area is 111 Å². The first-order chi connectivity index (χ1) is 8.56. The van der Waals surface area contributed by atoms with E-state index < -0.39 is 0 Å². The molecule has 0 radical (unpaired) electrons. The van der Waals surface area contributed by atoms with Gasteiger partial charge in [0.05, 0.1) is 10.7 Å². The van der Waals surface area contributed by atoms with E-state index in [2.05, 4.69) is 5.32 Å². The average molecular weight is 265 g/mol. The Hall–Kier alpha value is -1.74. The SMILES string of the molecule is Cc1cc(Cl)c(NCc2cccc(N)c2)cc1F. The Balaban J connectivity index is 2.13. The third-order valence-corrected chi connectivity index (χ3v) is 3.00. The molecule has 0 aliphatic heterocycles. The van der Waals surface area contributed by atoms with Gasteiger partial charge in [-0.3, -0.25) is 0 Å². The van der Waals surface area contributed by atoms with Crippen LogP contribution >= 0.6 is 11.6 Å². The zero-order valence-corrected chi connectivity index (χ0v) is 10.8. The lowest BCUT2D eigenvalue weighted by Gasteiger charge is -2.10. The zero-order chi connectivity index (χ0) is 13.1. The average Bonchev–Trinajstić information content (AvgIpc) is 2.32. The van der Waals surface area contributed by atoms with Crippen molar-refractivity contribution in [2.75, 3.05) is 11.1 Å². The monoisotopic (exact) mass is 264 g/mol. The molecule has 0 aromatic heterocycles. The third kappa shape index (κ3) is 2.93. The van der Waals surface area contributed by atoms with Crippen molar-refractivity contribution in [3.8, 4) is 0 Å². The molecule has 94 valence electrons. The van der Waals surface area contributed by atoms with Crippen molar-refractivity contribution in [2.24, 2.45) is 0 Å². The highest BCUT2D eigenvalue weighted by Gasteiger charge is 2.05. The van der Waals surface area contributed by atoms with Crippen LogP contribution in [0.3, 0.4) is 0 Å². The van der Waals surface area contributed by atoms with Gasteiger partial charge in [0.25, 0.3) is 0 Å². The normalized spacial score (nSPS) is 10.4. The van der Waals surface area contributed by atoms with Crippen LogP contribution in [0, 0.1) is 12.7 Å². The number of nitrogen functional groups attached to an aromatic ring is 1. The molecule has 18 heavy (non-hydrogen) atoms. The van der Waals surface area contributed by atoms with Crippen molar-refractivity contribution in [3.63, 3.8) is 0 Å². The fraction of sp³-hybridized carbons (Fsp3) is 0.143. The fourth-order valence-electron chi connectivity index (χ4n) is 1.68. The molecule has 0 aliphatic carbocycles. The van der Waals surface area contributed by atoms with Crippen LogP contribution in [0.2, 0.25) is 5.02 Å². The molecule has 2 rings (SSSR count). The molecular formula is C14H14ClFN2. The number of nitrogens with one attached hydrogen (secondary N) is 1. The van der Waals surface area contributed by atoms with Gasteiger partial charge in [-0.25, -0.2) is 4.39 Å². The first-order valence-corrected chi connectivity index (χ1v) is 5.98. The number of anilines is 2. The molecule has 0 aliphatic rings. The summed E-state index contributed by atoms with van der Waals surface area (Å²) in [6.07, 6.45) is 0. The Morgan fingerprint density at radius 1 is 1.28 bits per heavy atom. The summed E-state index contributed by atoms with van der Waals surface area (Å²) in [7, 11) is 0. The molecule has 0 heterocycles. The molecular weight excluding hydrogens is 251 g/mol. The van der Waals surface area contributed by atoms with Crippen LogP contribution in [-0.2, 0) is 6.54 Å². The summed E-state index contributed by atoms with van der Waals surface area (Å²) in [6.45, 7) is 2.23. The predicted molar refractivity (Wildman–Crippen MR) is 74.3 cm³/mol. The molecule has 0 fully saturated rings. The van der Waals surface area contributed by atoms with Crippen molar-refractivity contribution >= 4 is 23.0 Å². The van der Waals surface area contributed by atoms with Crippen LogP contribution < -0.4 is 11.1 Å². The second-order valence-corrected chi connectivity index (χ2v) is 4.59. The number of hydrogen-bond acceptors (Lipinski definition) is 2. The van der Waals surface area contributed by atoms with Gasteiger partial charge in [-0.1, -0.05) is 23.7 Å². The van der Waals surface area contributed by atoms with E-state index >= 15 is 0 Å². The molecule has 0 unspecified atom stereocenters. The maximum atomic E-state index is 13.4. The number of benzene rings is 2. The molecule has 0 atom stereocenters. The maximum absolute atomic E-state index is 13.4. The predicted octanol–water partition coefficient (Wildman–Crippen LogP) is 3.98. The van der Waals surface area contributed by atoms with Crippen LogP contribution in [0.25, 0.3) is 0 Å². The van der Waals surface area contributed by atoms with Crippen molar-refractivity contribution in [1.82, 2.24) is 0 Å². The highest BCUT2D eigenvalue weighted by molar-refractivity contribution is 6.33. The van der Waals surface area contributed by atoms with Crippen LogP contribution in [0.1, 0.15) is 11.1 Å². The summed E-state index contributed by atoms with van der Waals surface area (Å²) in [5.41, 5.74) is 8.53. The van der Waals surface area contributed by atoms with E-state index in [1.165, 1.54) is 6.07 Å². The van der Waals surface area contributed by atoms with Gasteiger partial charge >= 0.3 is 0 Å². The van der Waals surface area contributed by atoms with Crippen LogP contribution in [-0.4, -0.2) is 0 Å². The number of halogens is 2. The lowest BCUT2D eigenvalue weighted by molar-refractivity contribution is 0.619. The van der Waals surface area contributed by atoms with E-state index in [9.17, 15) is 4.39 Å². The summed E-state index contributed by atoms with van der Waals surface area (Å²) >= 11 is 6.05. The molecule has 0 bridgehead atoms. The molecule has 0 amide bonds. The van der Waals surface area contributed by atoms with Gasteiger partial charge in [-0.05, 0) is 42.3 Å². The molecule has 0 spiro atoms. The first kappa shape index (κ1) is 12.7. The van der Waals surface area contributed by atoms with E-state index in [0.29, 0.717) is 28.5 Å². The minimum Gasteiger partial charge on any atom is -0.399 e. The molecule has 2 aromatic carbocycles. The molecule has 2 aromatic rings. The summed E-state index contributed by atoms with van der Waals surface area (Å²) in [5, 5.41) is 3.61. The number of rotatable bonds is 3. The standard InChI is InChI=1S/C14H14ClFN2/c1-9-5-12(15)14(7-13(9)16)18-8-10-3-2-4-11(17)6-10/h2-7,18H,8,17H2,1H3. The molecule has 3 N–H and O–H groups in total. The molecule has 2 nitrogen and oxygen atoms in total. The van der Waals surface area contributed by atoms with E-state index in [-0.39, 0.29) is 5.82 Å². The lowest BCUT2D eigenvalue weighted by Crippen LogP contribution is -2.01. The highest BCUT2D eigenvalue weighted by atomic mass is 35.5. The summed E-state index contributed by atoms with van der Waals surface area (Å²) < 4.78 is 13.4. The smallest absolute Gasteiger partial charge is 0.128 e. The van der Waals surface area contributed by atoms with E-state index in [1.54, 1.807) is 13.0 Å². The second kappa shape index (κ2) is 5.27. The summed E-state index contributed by atoms with van der Waals surface area (Å²) in [5.74, 6) is -0.269. The zero-order valence-electron chi connectivity index (χ0n) is 10.0. The number of aryl methyl sites for hydroxylation is 1. The minimum atomic E-state index is -0.269. The van der Waals surface area contributed by atoms with E-state index in [4.69, 9.17) is 17.3 Å². The van der Waals surface area contributed by atoms with Gasteiger partial charge in [0, 0.05) is 12.2 Å². The second-order valence-electron chi connectivity index (χ2n) is 4.18. The maximum Gasteiger partial charge on any atom is 0.128 e. The largest absolute Gasteiger partial charge is 0.399 e. The quantitative estimate of drug-likeness (QED) is 0.823. The van der Waals surface area contributed by atoms with Gasteiger partial charge in [0.2, 0.25) is 0 Å². The Morgan fingerprint density at radius 2 is 2.06 bits per heavy atom. The molecule has 0 saturated heterocycles. The lowest BCUT2D eigenvalue weighted by atomic mass is 10.2. The summed E-state index contributed by atoms with van der Waals surface area (Å²) in [4.78, 5) is 0. The van der Waals surface area contributed by atoms with Crippen molar-refractivity contribution < 1.29 is 4.39 Å². The minimum absolute atomic E-state index is 0.269. The molecule has 4 heteroatoms. The van der Waals surface area contributed by atoms with Gasteiger partial charge in [-0.2, -0.15) is 0 Å². The van der Waals surface area contributed by atoms with Gasteiger partial charge < -0.3 is 11.1 Å². The van der Waals surface area contributed by atoms with Crippen molar-refractivity contribution in [1.29, 1.82) is 0 Å². The topological polar surface area (TPSA) is 38.0 Å². The van der Waals surface area contributed by atoms with Gasteiger partial charge in [0.1, 0.15) is 5.82 Å². The van der Waals surface area contributed by atoms with Gasteiger partial charge in [0.15, 0.2) is 0 Å². The number of hydrogen-bond donors (Lipinski definition) is 2. The molecule has 0 saturated carbocycles. The summed E-state index contributed by atoms with van der Waals surface area (Å²) in [6, 6.07) is 10.5.